The number of ether oxygens (including phenoxy) is 1. The fourth-order valence-electron chi connectivity index (χ4n) is 1.21. The Morgan fingerprint density at radius 1 is 1.83 bits per heavy atom. The summed E-state index contributed by atoms with van der Waals surface area (Å²) < 4.78 is 4.54. The van der Waals surface area contributed by atoms with Gasteiger partial charge in [0.25, 0.3) is 0 Å². The molecule has 1 saturated heterocycles. The van der Waals surface area contributed by atoms with Crippen molar-refractivity contribution in [2.45, 2.75) is 12.7 Å². The predicted octanol–water partition coefficient (Wildman–Crippen LogP) is -1.30. The number of esters is 1. The molecule has 1 unspecified atom stereocenters. The summed E-state index contributed by atoms with van der Waals surface area (Å²) in [6.07, 6.45) is 0.808. The molecule has 1 rings (SSSR count). The maximum atomic E-state index is 10.9. The zero-order valence-corrected chi connectivity index (χ0v) is 7.25. The van der Waals surface area contributed by atoms with Gasteiger partial charge in [0.05, 0.1) is 13.7 Å². The van der Waals surface area contributed by atoms with Gasteiger partial charge in [-0.1, -0.05) is 0 Å². The number of hydrogen-bond acceptors (Lipinski definition) is 5. The highest BCUT2D eigenvalue weighted by molar-refractivity contribution is 5.71. The molecule has 5 nitrogen and oxygen atoms in total. The molecule has 70 valence electrons. The highest BCUT2D eigenvalue weighted by Crippen LogP contribution is 1.99. The van der Waals surface area contributed by atoms with Crippen LogP contribution in [0.1, 0.15) is 6.42 Å². The van der Waals surface area contributed by atoms with E-state index in [1.54, 1.807) is 0 Å². The van der Waals surface area contributed by atoms with Crippen LogP contribution in [0.2, 0.25) is 0 Å². The Morgan fingerprint density at radius 3 is 3.17 bits per heavy atom. The second kappa shape index (κ2) is 4.39. The number of rotatable bonds is 2. The minimum absolute atomic E-state index is 0.210. The maximum Gasteiger partial charge on any atom is 0.319 e. The molecule has 0 aromatic rings. The van der Waals surface area contributed by atoms with Gasteiger partial charge in [-0.15, -0.1) is 0 Å². The first-order chi connectivity index (χ1) is 5.74. The molecule has 5 heteroatoms. The number of carbonyl (C=O) groups excluding carboxylic acids is 1. The summed E-state index contributed by atoms with van der Waals surface area (Å²) in [5.41, 5.74) is 5.69. The molecular weight excluding hydrogens is 158 g/mol. The molecule has 1 aliphatic heterocycles. The lowest BCUT2D eigenvalue weighted by Gasteiger charge is -2.32. The molecule has 0 amide bonds. The normalized spacial score (nSPS) is 25.3. The van der Waals surface area contributed by atoms with Gasteiger partial charge in [-0.3, -0.25) is 15.0 Å². The summed E-state index contributed by atoms with van der Waals surface area (Å²) in [6.45, 7) is 2.03. The summed E-state index contributed by atoms with van der Waals surface area (Å²) in [6, 6.07) is 0. The van der Waals surface area contributed by atoms with Crippen molar-refractivity contribution in [3.63, 3.8) is 0 Å². The number of carbonyl (C=O) groups is 1. The van der Waals surface area contributed by atoms with Gasteiger partial charge in [0.1, 0.15) is 6.29 Å². The van der Waals surface area contributed by atoms with Crippen molar-refractivity contribution < 1.29 is 9.53 Å². The topological polar surface area (TPSA) is 67.6 Å². The molecule has 0 aliphatic carbocycles. The van der Waals surface area contributed by atoms with Gasteiger partial charge in [0.15, 0.2) is 0 Å². The van der Waals surface area contributed by atoms with E-state index in [4.69, 9.17) is 5.73 Å². The van der Waals surface area contributed by atoms with Gasteiger partial charge < -0.3 is 10.5 Å². The molecule has 0 radical (unpaired) electrons. The number of nitrogens with one attached hydrogen (secondary N) is 1. The lowest BCUT2D eigenvalue weighted by Crippen LogP contribution is -2.57. The Hall–Kier alpha value is -0.650. The van der Waals surface area contributed by atoms with E-state index in [1.807, 2.05) is 4.90 Å². The third-order valence-electron chi connectivity index (χ3n) is 1.93. The molecule has 0 aromatic heterocycles. The molecule has 1 fully saturated rings. The molecule has 0 bridgehead atoms. The van der Waals surface area contributed by atoms with Crippen LogP contribution in [0, 0.1) is 0 Å². The van der Waals surface area contributed by atoms with Crippen LogP contribution in [0.5, 0.6) is 0 Å². The average molecular weight is 173 g/mol. The number of nitrogens with two attached hydrogens (primary N) is 1. The Bertz CT molecular complexity index is 163. The lowest BCUT2D eigenvalue weighted by molar-refractivity contribution is -0.143. The van der Waals surface area contributed by atoms with E-state index in [0.29, 0.717) is 0 Å². The van der Waals surface area contributed by atoms with Crippen LogP contribution in [0.25, 0.3) is 0 Å². The van der Waals surface area contributed by atoms with E-state index < -0.39 is 0 Å². The maximum absolute atomic E-state index is 10.9. The molecule has 1 atom stereocenters. The molecule has 1 aliphatic rings. The first kappa shape index (κ1) is 9.44. The van der Waals surface area contributed by atoms with Gasteiger partial charge in [-0.05, 0) is 13.0 Å². The van der Waals surface area contributed by atoms with E-state index in [9.17, 15) is 4.79 Å². The summed E-state index contributed by atoms with van der Waals surface area (Å²) in [7, 11) is 1.38. The fourth-order valence-corrected chi connectivity index (χ4v) is 1.21. The summed E-state index contributed by atoms with van der Waals surface area (Å²) >= 11 is 0. The number of nitrogens with zero attached hydrogens (tertiary/aromatic N) is 1. The van der Waals surface area contributed by atoms with E-state index in [1.165, 1.54) is 7.11 Å². The first-order valence-corrected chi connectivity index (χ1v) is 4.04. The van der Waals surface area contributed by atoms with Crippen LogP contribution < -0.4 is 11.1 Å². The fraction of sp³-hybridized carbons (Fsp3) is 0.857. The summed E-state index contributed by atoms with van der Waals surface area (Å²) in [5.74, 6) is -0.242. The Kier molecular flexibility index (Phi) is 3.46. The second-order valence-corrected chi connectivity index (χ2v) is 2.80. The van der Waals surface area contributed by atoms with Crippen molar-refractivity contribution in [3.05, 3.63) is 0 Å². The Balaban J connectivity index is 2.33. The van der Waals surface area contributed by atoms with Crippen molar-refractivity contribution in [2.75, 3.05) is 26.7 Å². The minimum Gasteiger partial charge on any atom is -0.468 e. The van der Waals surface area contributed by atoms with Crippen LogP contribution in [0.15, 0.2) is 0 Å². The van der Waals surface area contributed by atoms with Crippen LogP contribution >= 0.6 is 0 Å². The minimum atomic E-state index is -0.242. The molecule has 1 heterocycles. The van der Waals surface area contributed by atoms with Crippen molar-refractivity contribution in [2.24, 2.45) is 5.73 Å². The van der Waals surface area contributed by atoms with Gasteiger partial charge in [0, 0.05) is 6.54 Å². The van der Waals surface area contributed by atoms with Gasteiger partial charge in [-0.25, -0.2) is 0 Å². The lowest BCUT2D eigenvalue weighted by atomic mass is 10.3. The molecule has 0 saturated carbocycles. The predicted molar refractivity (Wildman–Crippen MR) is 44.2 cm³/mol. The van der Waals surface area contributed by atoms with Gasteiger partial charge in [0.2, 0.25) is 0 Å². The number of hydrogen-bond donors (Lipinski definition) is 2. The Labute approximate surface area is 71.8 Å². The van der Waals surface area contributed by atoms with Crippen LogP contribution in [-0.2, 0) is 9.53 Å². The van der Waals surface area contributed by atoms with Crippen LogP contribution in [-0.4, -0.2) is 43.9 Å². The van der Waals surface area contributed by atoms with Crippen molar-refractivity contribution in [3.8, 4) is 0 Å². The highest BCUT2D eigenvalue weighted by Gasteiger charge is 2.20. The molecule has 0 aromatic carbocycles. The molecular formula is C7H15N3O2. The second-order valence-electron chi connectivity index (χ2n) is 2.80. The van der Waals surface area contributed by atoms with E-state index in [2.05, 4.69) is 10.1 Å². The quantitative estimate of drug-likeness (QED) is 0.508. The smallest absolute Gasteiger partial charge is 0.319 e. The van der Waals surface area contributed by atoms with E-state index in [-0.39, 0.29) is 18.8 Å². The third-order valence-corrected chi connectivity index (χ3v) is 1.93. The van der Waals surface area contributed by atoms with Crippen molar-refractivity contribution >= 4 is 5.97 Å². The standard InChI is InChI=1S/C7H15N3O2/c1-12-6(11)5-10-4-2-3-9-7(10)8/h7,9H,2-5,8H2,1H3. The molecule has 12 heavy (non-hydrogen) atoms. The van der Waals surface area contributed by atoms with E-state index in [0.717, 1.165) is 19.5 Å². The number of methoxy groups -OCH3 is 1. The zero-order valence-electron chi connectivity index (χ0n) is 7.25. The SMILES string of the molecule is COC(=O)CN1CCCNC1N. The van der Waals surface area contributed by atoms with Crippen LogP contribution in [0.4, 0.5) is 0 Å². The monoisotopic (exact) mass is 173 g/mol. The highest BCUT2D eigenvalue weighted by atomic mass is 16.5. The van der Waals surface area contributed by atoms with Crippen LogP contribution in [0.3, 0.4) is 0 Å². The summed E-state index contributed by atoms with van der Waals surface area (Å²) in [4.78, 5) is 12.7. The van der Waals surface area contributed by atoms with Crippen molar-refractivity contribution in [1.29, 1.82) is 0 Å². The summed E-state index contributed by atoms with van der Waals surface area (Å²) in [5, 5.41) is 3.06. The van der Waals surface area contributed by atoms with Crippen molar-refractivity contribution in [1.82, 2.24) is 10.2 Å². The zero-order chi connectivity index (χ0) is 8.97. The third kappa shape index (κ3) is 2.44. The molecule has 3 N–H and O–H groups in total. The first-order valence-electron chi connectivity index (χ1n) is 4.04. The van der Waals surface area contributed by atoms with Gasteiger partial charge in [-0.2, -0.15) is 0 Å². The average Bonchev–Trinajstić information content (AvgIpc) is 2.09. The van der Waals surface area contributed by atoms with E-state index >= 15 is 0 Å². The molecule has 0 spiro atoms. The van der Waals surface area contributed by atoms with Gasteiger partial charge >= 0.3 is 5.97 Å². The Morgan fingerprint density at radius 2 is 2.58 bits per heavy atom. The largest absolute Gasteiger partial charge is 0.468 e.